The minimum absolute atomic E-state index is 0. The van der Waals surface area contributed by atoms with Gasteiger partial charge in [0, 0.05) is 30.7 Å². The van der Waals surface area contributed by atoms with E-state index in [1.165, 1.54) is 0 Å². The Labute approximate surface area is 119 Å². The van der Waals surface area contributed by atoms with Crippen LogP contribution < -0.4 is 5.73 Å². The molecule has 0 bridgehead atoms. The first-order chi connectivity index (χ1) is 7.90. The summed E-state index contributed by atoms with van der Waals surface area (Å²) in [5, 5.41) is 0. The highest BCUT2D eigenvalue weighted by Gasteiger charge is 2.01. The number of unbranched alkanes of at least 4 members (excludes halogenated alkanes) is 1. The number of hydrogen-bond acceptors (Lipinski definition) is 3. The second kappa shape index (κ2) is 8.91. The first-order valence-corrected chi connectivity index (χ1v) is 5.52. The molecule has 0 fully saturated rings. The van der Waals surface area contributed by atoms with E-state index in [4.69, 9.17) is 5.73 Å². The number of hydrogen-bond donors (Lipinski definition) is 1. The van der Waals surface area contributed by atoms with Crippen molar-refractivity contribution in [2.75, 3.05) is 6.54 Å². The third kappa shape index (κ3) is 4.64. The van der Waals surface area contributed by atoms with Crippen molar-refractivity contribution < 1.29 is 0 Å². The van der Waals surface area contributed by atoms with E-state index < -0.39 is 0 Å². The fourth-order valence-corrected chi connectivity index (χ4v) is 1.58. The van der Waals surface area contributed by atoms with Crippen molar-refractivity contribution in [2.45, 2.75) is 19.4 Å². The number of pyridine rings is 1. The second-order valence-electron chi connectivity index (χ2n) is 3.73. The summed E-state index contributed by atoms with van der Waals surface area (Å²) in [6.45, 7) is 1.73. The maximum atomic E-state index is 5.46. The Morgan fingerprint density at radius 1 is 1.22 bits per heavy atom. The zero-order valence-corrected chi connectivity index (χ0v) is 11.7. The van der Waals surface area contributed by atoms with Crippen molar-refractivity contribution in [1.82, 2.24) is 14.5 Å². The molecule has 0 aliphatic carbocycles. The zero-order valence-electron chi connectivity index (χ0n) is 10.0. The van der Waals surface area contributed by atoms with Crippen LogP contribution in [0.1, 0.15) is 12.8 Å². The van der Waals surface area contributed by atoms with Crippen molar-refractivity contribution in [3.05, 3.63) is 37.1 Å². The third-order valence-electron chi connectivity index (χ3n) is 2.46. The van der Waals surface area contributed by atoms with E-state index in [-0.39, 0.29) is 24.8 Å². The molecule has 2 aromatic heterocycles. The quantitative estimate of drug-likeness (QED) is 0.860. The lowest BCUT2D eigenvalue weighted by Crippen LogP contribution is -2.01. The summed E-state index contributed by atoms with van der Waals surface area (Å²) in [5.41, 5.74) is 7.48. The third-order valence-corrected chi connectivity index (χ3v) is 2.46. The largest absolute Gasteiger partial charge is 0.337 e. The molecule has 0 saturated heterocycles. The topological polar surface area (TPSA) is 56.7 Å². The zero-order chi connectivity index (χ0) is 11.2. The molecule has 0 amide bonds. The van der Waals surface area contributed by atoms with Crippen molar-refractivity contribution >= 4 is 24.8 Å². The van der Waals surface area contributed by atoms with Crippen LogP contribution in [0, 0.1) is 0 Å². The molecule has 4 nitrogen and oxygen atoms in total. The molecule has 0 saturated carbocycles. The number of nitrogens with two attached hydrogens (primary N) is 1. The number of nitrogens with zero attached hydrogens (tertiary/aromatic N) is 3. The van der Waals surface area contributed by atoms with Crippen molar-refractivity contribution in [1.29, 1.82) is 0 Å². The smallest absolute Gasteiger partial charge is 0.0953 e. The first kappa shape index (κ1) is 16.9. The molecule has 0 aliphatic rings. The van der Waals surface area contributed by atoms with Gasteiger partial charge in [-0.1, -0.05) is 0 Å². The van der Waals surface area contributed by atoms with Gasteiger partial charge in [0.05, 0.1) is 12.0 Å². The molecule has 18 heavy (non-hydrogen) atoms. The van der Waals surface area contributed by atoms with E-state index in [9.17, 15) is 0 Å². The molecule has 2 aromatic rings. The summed E-state index contributed by atoms with van der Waals surface area (Å²) in [7, 11) is 0. The predicted octanol–water partition coefficient (Wildman–Crippen LogP) is 2.53. The summed E-state index contributed by atoms with van der Waals surface area (Å²) in [6.07, 6.45) is 9.65. The Kier molecular flexibility index (Phi) is 8.37. The average Bonchev–Trinajstić information content (AvgIpc) is 2.79. The number of rotatable bonds is 5. The summed E-state index contributed by atoms with van der Waals surface area (Å²) >= 11 is 0. The van der Waals surface area contributed by atoms with Gasteiger partial charge in [0.2, 0.25) is 0 Å². The van der Waals surface area contributed by atoms with Gasteiger partial charge in [0.15, 0.2) is 0 Å². The van der Waals surface area contributed by atoms with Crippen molar-refractivity contribution in [3.63, 3.8) is 0 Å². The first-order valence-electron chi connectivity index (χ1n) is 5.52. The van der Waals surface area contributed by atoms with Gasteiger partial charge >= 0.3 is 0 Å². The van der Waals surface area contributed by atoms with Crippen LogP contribution in [-0.4, -0.2) is 21.1 Å². The normalized spacial score (nSPS) is 9.39. The van der Waals surface area contributed by atoms with Gasteiger partial charge in [0.1, 0.15) is 0 Å². The molecule has 100 valence electrons. The van der Waals surface area contributed by atoms with Gasteiger partial charge in [-0.3, -0.25) is 4.98 Å². The van der Waals surface area contributed by atoms with Gasteiger partial charge in [-0.15, -0.1) is 24.8 Å². The minimum atomic E-state index is 0. The van der Waals surface area contributed by atoms with E-state index in [0.717, 1.165) is 37.2 Å². The summed E-state index contributed by atoms with van der Waals surface area (Å²) < 4.78 is 2.10. The highest BCUT2D eigenvalue weighted by Crippen LogP contribution is 2.14. The van der Waals surface area contributed by atoms with Gasteiger partial charge < -0.3 is 10.3 Å². The van der Waals surface area contributed by atoms with Crippen LogP contribution >= 0.6 is 24.8 Å². The van der Waals surface area contributed by atoms with Crippen LogP contribution in [0.5, 0.6) is 0 Å². The van der Waals surface area contributed by atoms with Gasteiger partial charge in [-0.2, -0.15) is 0 Å². The molecule has 0 aliphatic heterocycles. The van der Waals surface area contributed by atoms with E-state index in [1.807, 2.05) is 30.9 Å². The van der Waals surface area contributed by atoms with Crippen molar-refractivity contribution in [3.8, 4) is 11.3 Å². The molecule has 2 N–H and O–H groups in total. The molecule has 0 aromatic carbocycles. The van der Waals surface area contributed by atoms with E-state index in [0.29, 0.717) is 0 Å². The maximum absolute atomic E-state index is 5.46. The molecular formula is C12H18Cl2N4. The monoisotopic (exact) mass is 288 g/mol. The SMILES string of the molecule is Cl.Cl.NCCCCn1cnc(-c2cccnc2)c1. The van der Waals surface area contributed by atoms with Crippen LogP contribution in [0.25, 0.3) is 11.3 Å². The van der Waals surface area contributed by atoms with E-state index in [2.05, 4.69) is 14.5 Å². The highest BCUT2D eigenvalue weighted by atomic mass is 35.5. The number of halogens is 2. The molecule has 0 unspecified atom stereocenters. The fraction of sp³-hybridized carbons (Fsp3) is 0.333. The summed E-state index contributed by atoms with van der Waals surface area (Å²) in [4.78, 5) is 8.44. The van der Waals surface area contributed by atoms with E-state index in [1.54, 1.807) is 6.20 Å². The maximum Gasteiger partial charge on any atom is 0.0953 e. The molecule has 0 spiro atoms. The lowest BCUT2D eigenvalue weighted by Gasteiger charge is -1.99. The fourth-order valence-electron chi connectivity index (χ4n) is 1.58. The number of imidazole rings is 1. The molecule has 0 radical (unpaired) electrons. The Balaban J connectivity index is 0.00000144. The Hall–Kier alpha value is -1.10. The van der Waals surface area contributed by atoms with Crippen LogP contribution in [0.4, 0.5) is 0 Å². The van der Waals surface area contributed by atoms with Crippen molar-refractivity contribution in [2.24, 2.45) is 5.73 Å². The minimum Gasteiger partial charge on any atom is -0.337 e. The molecule has 2 heterocycles. The van der Waals surface area contributed by atoms with Gasteiger partial charge in [-0.05, 0) is 31.5 Å². The Morgan fingerprint density at radius 3 is 2.72 bits per heavy atom. The Morgan fingerprint density at radius 2 is 2.06 bits per heavy atom. The van der Waals surface area contributed by atoms with Crippen LogP contribution in [0.15, 0.2) is 37.1 Å². The van der Waals surface area contributed by atoms with Crippen LogP contribution in [0.3, 0.4) is 0 Å². The number of aryl methyl sites for hydroxylation is 1. The molecule has 6 heteroatoms. The van der Waals surface area contributed by atoms with Gasteiger partial charge in [-0.25, -0.2) is 4.98 Å². The number of aromatic nitrogens is 3. The van der Waals surface area contributed by atoms with Crippen LogP contribution in [0.2, 0.25) is 0 Å². The summed E-state index contributed by atoms with van der Waals surface area (Å²) in [5.74, 6) is 0. The molecule has 2 rings (SSSR count). The predicted molar refractivity (Wildman–Crippen MR) is 78.2 cm³/mol. The second-order valence-corrected chi connectivity index (χ2v) is 3.73. The standard InChI is InChI=1S/C12H16N4.2ClH/c13-5-1-2-7-16-9-12(15-10-16)11-4-3-6-14-8-11;;/h3-4,6,8-10H,1-2,5,7,13H2;2*1H. The summed E-state index contributed by atoms with van der Waals surface area (Å²) in [6, 6.07) is 3.93. The average molecular weight is 289 g/mol. The van der Waals surface area contributed by atoms with Crippen LogP contribution in [-0.2, 0) is 6.54 Å². The Bertz CT molecular complexity index is 431. The van der Waals surface area contributed by atoms with Gasteiger partial charge in [0.25, 0.3) is 0 Å². The lowest BCUT2D eigenvalue weighted by atomic mass is 10.2. The van der Waals surface area contributed by atoms with E-state index >= 15 is 0 Å². The molecule has 0 atom stereocenters. The molecular weight excluding hydrogens is 271 g/mol. The lowest BCUT2D eigenvalue weighted by molar-refractivity contribution is 0.614. The highest BCUT2D eigenvalue weighted by molar-refractivity contribution is 5.85.